The van der Waals surface area contributed by atoms with E-state index in [0.29, 0.717) is 0 Å². The van der Waals surface area contributed by atoms with Crippen LogP contribution in [-0.4, -0.2) is 12.4 Å². The SMILES string of the molecule is CCCCOc1c(I)cc(C(C)=O)cc1I. The Labute approximate surface area is 123 Å². The number of carbonyl (C=O) groups excluding carboxylic acids is 1. The average molecular weight is 444 g/mol. The molecule has 0 radical (unpaired) electrons. The summed E-state index contributed by atoms with van der Waals surface area (Å²) in [6, 6.07) is 3.76. The molecule has 2 nitrogen and oxygen atoms in total. The molecule has 16 heavy (non-hydrogen) atoms. The fourth-order valence-electron chi connectivity index (χ4n) is 1.22. The van der Waals surface area contributed by atoms with Crippen molar-refractivity contribution in [1.29, 1.82) is 0 Å². The van der Waals surface area contributed by atoms with E-state index in [9.17, 15) is 4.79 Å². The van der Waals surface area contributed by atoms with Crippen LogP contribution in [0.4, 0.5) is 0 Å². The van der Waals surface area contributed by atoms with Crippen LogP contribution in [0.5, 0.6) is 5.75 Å². The summed E-state index contributed by atoms with van der Waals surface area (Å²) < 4.78 is 7.73. The Bertz CT molecular complexity index is 366. The minimum absolute atomic E-state index is 0.0935. The summed E-state index contributed by atoms with van der Waals surface area (Å²) in [4.78, 5) is 11.3. The lowest BCUT2D eigenvalue weighted by atomic mass is 10.1. The van der Waals surface area contributed by atoms with Crippen molar-refractivity contribution in [2.45, 2.75) is 26.7 Å². The van der Waals surface area contributed by atoms with Gasteiger partial charge in [-0.25, -0.2) is 0 Å². The van der Waals surface area contributed by atoms with E-state index in [1.54, 1.807) is 6.92 Å². The Morgan fingerprint density at radius 1 is 1.31 bits per heavy atom. The number of Topliss-reactive ketones (excluding diaryl/α,β-unsaturated/α-hetero) is 1. The number of ether oxygens (including phenoxy) is 1. The normalized spacial score (nSPS) is 10.2. The van der Waals surface area contributed by atoms with Gasteiger partial charge in [-0.15, -0.1) is 0 Å². The number of ketones is 1. The fourth-order valence-corrected chi connectivity index (χ4v) is 3.30. The van der Waals surface area contributed by atoms with Gasteiger partial charge in [0.25, 0.3) is 0 Å². The lowest BCUT2D eigenvalue weighted by Crippen LogP contribution is -2.02. The van der Waals surface area contributed by atoms with Crippen LogP contribution in [0.3, 0.4) is 0 Å². The highest BCUT2D eigenvalue weighted by Gasteiger charge is 2.10. The first-order valence-electron chi connectivity index (χ1n) is 5.19. The molecule has 0 aliphatic heterocycles. The van der Waals surface area contributed by atoms with Crippen LogP contribution in [-0.2, 0) is 0 Å². The molecule has 0 saturated carbocycles. The molecule has 0 saturated heterocycles. The average Bonchev–Trinajstić information content (AvgIpc) is 2.21. The van der Waals surface area contributed by atoms with E-state index in [1.807, 2.05) is 12.1 Å². The number of halogens is 2. The Hall–Kier alpha value is 0.150. The molecule has 0 aliphatic carbocycles. The van der Waals surface area contributed by atoms with E-state index in [4.69, 9.17) is 4.74 Å². The molecule has 0 unspecified atom stereocenters. The van der Waals surface area contributed by atoms with Crippen molar-refractivity contribution in [2.24, 2.45) is 0 Å². The molecule has 0 fully saturated rings. The summed E-state index contributed by atoms with van der Waals surface area (Å²) in [6.45, 7) is 4.46. The minimum atomic E-state index is 0.0935. The zero-order chi connectivity index (χ0) is 12.1. The molecule has 0 amide bonds. The zero-order valence-corrected chi connectivity index (χ0v) is 13.7. The van der Waals surface area contributed by atoms with Gasteiger partial charge in [-0.1, -0.05) is 13.3 Å². The van der Waals surface area contributed by atoms with Crippen molar-refractivity contribution < 1.29 is 9.53 Å². The van der Waals surface area contributed by atoms with Crippen molar-refractivity contribution in [1.82, 2.24) is 0 Å². The number of hydrogen-bond donors (Lipinski definition) is 0. The monoisotopic (exact) mass is 444 g/mol. The highest BCUT2D eigenvalue weighted by atomic mass is 127. The largest absolute Gasteiger partial charge is 0.491 e. The molecule has 1 aromatic rings. The van der Waals surface area contributed by atoms with Crippen LogP contribution >= 0.6 is 45.2 Å². The molecule has 0 spiro atoms. The van der Waals surface area contributed by atoms with E-state index in [1.165, 1.54) is 0 Å². The third kappa shape index (κ3) is 3.87. The predicted molar refractivity (Wildman–Crippen MR) is 82.3 cm³/mol. The Balaban J connectivity index is 2.89. The maximum atomic E-state index is 11.3. The highest BCUT2D eigenvalue weighted by molar-refractivity contribution is 14.1. The van der Waals surface area contributed by atoms with Gasteiger partial charge in [0, 0.05) is 5.56 Å². The summed E-state index contributed by atoms with van der Waals surface area (Å²) >= 11 is 4.43. The summed E-state index contributed by atoms with van der Waals surface area (Å²) in [6.07, 6.45) is 2.18. The van der Waals surface area contributed by atoms with Crippen LogP contribution < -0.4 is 4.74 Å². The maximum Gasteiger partial charge on any atom is 0.159 e. The molecular weight excluding hydrogens is 430 g/mol. The quantitative estimate of drug-likeness (QED) is 0.385. The van der Waals surface area contributed by atoms with Gasteiger partial charge in [0.1, 0.15) is 5.75 Å². The molecule has 0 N–H and O–H groups in total. The first-order valence-corrected chi connectivity index (χ1v) is 7.34. The second kappa shape index (κ2) is 6.78. The Kier molecular flexibility index (Phi) is 6.02. The van der Waals surface area contributed by atoms with Crippen LogP contribution in [0, 0.1) is 7.14 Å². The van der Waals surface area contributed by atoms with Crippen molar-refractivity contribution in [2.75, 3.05) is 6.61 Å². The highest BCUT2D eigenvalue weighted by Crippen LogP contribution is 2.29. The van der Waals surface area contributed by atoms with Gasteiger partial charge in [-0.2, -0.15) is 0 Å². The maximum absolute atomic E-state index is 11.3. The van der Waals surface area contributed by atoms with E-state index in [-0.39, 0.29) is 5.78 Å². The van der Waals surface area contributed by atoms with Gasteiger partial charge in [0.2, 0.25) is 0 Å². The second-order valence-corrected chi connectivity index (χ2v) is 5.85. The molecule has 1 aromatic carbocycles. The first kappa shape index (κ1) is 14.2. The topological polar surface area (TPSA) is 26.3 Å². The summed E-state index contributed by atoms with van der Waals surface area (Å²) in [5.74, 6) is 0.996. The minimum Gasteiger partial charge on any atom is -0.491 e. The van der Waals surface area contributed by atoms with Gasteiger partial charge >= 0.3 is 0 Å². The van der Waals surface area contributed by atoms with Gasteiger partial charge in [0.05, 0.1) is 13.7 Å². The smallest absolute Gasteiger partial charge is 0.159 e. The van der Waals surface area contributed by atoms with E-state index < -0.39 is 0 Å². The van der Waals surface area contributed by atoms with Crippen molar-refractivity contribution in [3.8, 4) is 5.75 Å². The van der Waals surface area contributed by atoms with Crippen molar-refractivity contribution in [3.05, 3.63) is 24.8 Å². The lowest BCUT2D eigenvalue weighted by Gasteiger charge is -2.11. The van der Waals surface area contributed by atoms with E-state index in [0.717, 1.165) is 37.9 Å². The number of hydrogen-bond acceptors (Lipinski definition) is 2. The number of benzene rings is 1. The van der Waals surface area contributed by atoms with Crippen molar-refractivity contribution >= 4 is 51.0 Å². The van der Waals surface area contributed by atoms with Crippen molar-refractivity contribution in [3.63, 3.8) is 0 Å². The molecular formula is C12H14I2O2. The van der Waals surface area contributed by atoms with Crippen LogP contribution in [0.15, 0.2) is 12.1 Å². The van der Waals surface area contributed by atoms with Gasteiger partial charge < -0.3 is 4.74 Å². The van der Waals surface area contributed by atoms with E-state index >= 15 is 0 Å². The van der Waals surface area contributed by atoms with Gasteiger partial charge in [0.15, 0.2) is 5.78 Å². The first-order chi connectivity index (χ1) is 7.56. The number of carbonyl (C=O) groups is 1. The molecule has 0 atom stereocenters. The number of rotatable bonds is 5. The molecule has 0 aromatic heterocycles. The zero-order valence-electron chi connectivity index (χ0n) is 9.35. The Morgan fingerprint density at radius 3 is 2.31 bits per heavy atom. The lowest BCUT2D eigenvalue weighted by molar-refractivity contribution is 0.101. The third-order valence-corrected chi connectivity index (χ3v) is 3.75. The van der Waals surface area contributed by atoms with Gasteiger partial charge in [-0.3, -0.25) is 4.79 Å². The van der Waals surface area contributed by atoms with Gasteiger partial charge in [-0.05, 0) is 70.7 Å². The predicted octanol–water partition coefficient (Wildman–Crippen LogP) is 4.28. The summed E-state index contributed by atoms with van der Waals surface area (Å²) in [5.41, 5.74) is 0.747. The molecule has 1 rings (SSSR count). The molecule has 88 valence electrons. The second-order valence-electron chi connectivity index (χ2n) is 3.53. The molecule has 0 bridgehead atoms. The summed E-state index contributed by atoms with van der Waals surface area (Å²) in [7, 11) is 0. The summed E-state index contributed by atoms with van der Waals surface area (Å²) in [5, 5.41) is 0. The molecule has 0 aliphatic rings. The fraction of sp³-hybridized carbons (Fsp3) is 0.417. The number of unbranched alkanes of at least 4 members (excludes halogenated alkanes) is 1. The molecule has 4 heteroatoms. The Morgan fingerprint density at radius 2 is 1.88 bits per heavy atom. The standard InChI is InChI=1S/C12H14I2O2/c1-3-4-5-16-12-10(13)6-9(8(2)15)7-11(12)14/h6-7H,3-5H2,1-2H3. The third-order valence-electron chi connectivity index (χ3n) is 2.15. The van der Waals surface area contributed by atoms with Crippen LogP contribution in [0.25, 0.3) is 0 Å². The van der Waals surface area contributed by atoms with Crippen LogP contribution in [0.2, 0.25) is 0 Å². The molecule has 0 heterocycles. The van der Waals surface area contributed by atoms with Crippen LogP contribution in [0.1, 0.15) is 37.0 Å². The van der Waals surface area contributed by atoms with E-state index in [2.05, 4.69) is 52.1 Å².